The summed E-state index contributed by atoms with van der Waals surface area (Å²) >= 11 is 0. The third-order valence-corrected chi connectivity index (χ3v) is 2.80. The Bertz CT molecular complexity index is 580. The standard InChI is InChI=1S/C13H16N4O4/c1-15(2)5-6-16(9-13(18)19)12-4-3-11(17(20)21)7-10(12)8-14/h3-4,7H,5-6,9H2,1-2H3,(H,18,19). The van der Waals surface area contributed by atoms with Crippen molar-refractivity contribution in [1.82, 2.24) is 4.90 Å². The summed E-state index contributed by atoms with van der Waals surface area (Å²) in [5, 5.41) is 28.8. The van der Waals surface area contributed by atoms with Crippen molar-refractivity contribution in [3.63, 3.8) is 0 Å². The van der Waals surface area contributed by atoms with Gasteiger partial charge in [0.15, 0.2) is 0 Å². The van der Waals surface area contributed by atoms with Crippen molar-refractivity contribution < 1.29 is 14.8 Å². The van der Waals surface area contributed by atoms with Crippen LogP contribution in [0.3, 0.4) is 0 Å². The molecule has 1 aromatic carbocycles. The number of likely N-dealkylation sites (N-methyl/N-ethyl adjacent to an activating group) is 1. The van der Waals surface area contributed by atoms with Gasteiger partial charge in [0.05, 0.1) is 16.2 Å². The number of anilines is 1. The zero-order valence-electron chi connectivity index (χ0n) is 11.8. The Morgan fingerprint density at radius 3 is 2.57 bits per heavy atom. The molecule has 0 saturated carbocycles. The van der Waals surface area contributed by atoms with E-state index in [1.54, 1.807) is 0 Å². The first kappa shape index (κ1) is 16.4. The van der Waals surface area contributed by atoms with Gasteiger partial charge in [0.25, 0.3) is 5.69 Å². The highest BCUT2D eigenvalue weighted by Crippen LogP contribution is 2.24. The van der Waals surface area contributed by atoms with Crippen LogP contribution in [0.5, 0.6) is 0 Å². The molecule has 0 spiro atoms. The zero-order valence-corrected chi connectivity index (χ0v) is 11.8. The number of nitrogens with zero attached hydrogens (tertiary/aromatic N) is 4. The third-order valence-electron chi connectivity index (χ3n) is 2.80. The van der Waals surface area contributed by atoms with E-state index >= 15 is 0 Å². The molecule has 0 bridgehead atoms. The van der Waals surface area contributed by atoms with Crippen molar-refractivity contribution in [2.75, 3.05) is 38.6 Å². The van der Waals surface area contributed by atoms with Gasteiger partial charge in [0.1, 0.15) is 12.6 Å². The Hall–Kier alpha value is -2.66. The molecule has 0 aliphatic carbocycles. The molecule has 1 aromatic rings. The van der Waals surface area contributed by atoms with E-state index in [0.717, 1.165) is 6.07 Å². The molecule has 8 nitrogen and oxygen atoms in total. The minimum atomic E-state index is -1.03. The van der Waals surface area contributed by atoms with E-state index in [0.29, 0.717) is 18.8 Å². The Morgan fingerprint density at radius 1 is 1.43 bits per heavy atom. The highest BCUT2D eigenvalue weighted by molar-refractivity contribution is 5.75. The van der Waals surface area contributed by atoms with Crippen molar-refractivity contribution >= 4 is 17.3 Å². The monoisotopic (exact) mass is 292 g/mol. The zero-order chi connectivity index (χ0) is 16.0. The number of rotatable bonds is 7. The summed E-state index contributed by atoms with van der Waals surface area (Å²) in [5.74, 6) is -1.03. The summed E-state index contributed by atoms with van der Waals surface area (Å²) < 4.78 is 0. The molecule has 0 radical (unpaired) electrons. The van der Waals surface area contributed by atoms with Gasteiger partial charge in [-0.05, 0) is 20.2 Å². The van der Waals surface area contributed by atoms with Crippen molar-refractivity contribution in [3.05, 3.63) is 33.9 Å². The van der Waals surface area contributed by atoms with E-state index in [1.165, 1.54) is 17.0 Å². The third kappa shape index (κ3) is 4.74. The Labute approximate surface area is 122 Å². The predicted molar refractivity (Wildman–Crippen MR) is 76.2 cm³/mol. The van der Waals surface area contributed by atoms with Crippen molar-refractivity contribution in [1.29, 1.82) is 5.26 Å². The summed E-state index contributed by atoms with van der Waals surface area (Å²) in [7, 11) is 3.69. The second-order valence-electron chi connectivity index (χ2n) is 4.69. The maximum atomic E-state index is 11.0. The van der Waals surface area contributed by atoms with Gasteiger partial charge in [-0.1, -0.05) is 0 Å². The van der Waals surface area contributed by atoms with Gasteiger partial charge in [-0.3, -0.25) is 14.9 Å². The average molecular weight is 292 g/mol. The van der Waals surface area contributed by atoms with Gasteiger partial charge in [-0.2, -0.15) is 5.26 Å². The predicted octanol–water partition coefficient (Wildman–Crippen LogP) is 0.919. The fraction of sp³-hybridized carbons (Fsp3) is 0.385. The summed E-state index contributed by atoms with van der Waals surface area (Å²) in [5.41, 5.74) is 0.273. The molecule has 0 aliphatic rings. The van der Waals surface area contributed by atoms with E-state index in [-0.39, 0.29) is 17.8 Å². The molecule has 0 fully saturated rings. The van der Waals surface area contributed by atoms with Crippen LogP contribution in [0.25, 0.3) is 0 Å². The van der Waals surface area contributed by atoms with Crippen LogP contribution in [-0.2, 0) is 4.79 Å². The summed E-state index contributed by atoms with van der Waals surface area (Å²) in [6, 6.07) is 5.71. The van der Waals surface area contributed by atoms with E-state index in [4.69, 9.17) is 10.4 Å². The lowest BCUT2D eigenvalue weighted by Gasteiger charge is -2.25. The molecular formula is C13H16N4O4. The number of nitro groups is 1. The molecule has 0 aromatic heterocycles. The van der Waals surface area contributed by atoms with Crippen LogP contribution in [0.15, 0.2) is 18.2 Å². The van der Waals surface area contributed by atoms with Gasteiger partial charge >= 0.3 is 5.97 Å². The number of aliphatic carboxylic acids is 1. The minimum absolute atomic E-state index is 0.0872. The first-order valence-electron chi connectivity index (χ1n) is 6.15. The molecule has 21 heavy (non-hydrogen) atoms. The molecule has 8 heteroatoms. The molecule has 0 aliphatic heterocycles. The quantitative estimate of drug-likeness (QED) is 0.587. The van der Waals surface area contributed by atoms with Crippen molar-refractivity contribution in [3.8, 4) is 6.07 Å². The summed E-state index contributed by atoms with van der Waals surface area (Å²) in [4.78, 5) is 24.5. The van der Waals surface area contributed by atoms with Crippen LogP contribution >= 0.6 is 0 Å². The number of non-ortho nitro benzene ring substituents is 1. The molecule has 0 heterocycles. The molecular weight excluding hydrogens is 276 g/mol. The lowest BCUT2D eigenvalue weighted by molar-refractivity contribution is -0.384. The number of benzene rings is 1. The summed E-state index contributed by atoms with van der Waals surface area (Å²) in [6.45, 7) is 0.710. The van der Waals surface area contributed by atoms with Gasteiger partial charge < -0.3 is 14.9 Å². The van der Waals surface area contributed by atoms with Gasteiger partial charge in [0, 0.05) is 25.2 Å². The smallest absolute Gasteiger partial charge is 0.323 e. The number of hydrogen-bond donors (Lipinski definition) is 1. The first-order chi connectivity index (χ1) is 9.85. The molecule has 0 saturated heterocycles. The number of nitriles is 1. The molecule has 0 unspecified atom stereocenters. The summed E-state index contributed by atoms with van der Waals surface area (Å²) in [6.07, 6.45) is 0. The van der Waals surface area contributed by atoms with Crippen LogP contribution in [0.2, 0.25) is 0 Å². The number of carboxylic acids is 1. The topological polar surface area (TPSA) is 111 Å². The second-order valence-corrected chi connectivity index (χ2v) is 4.69. The van der Waals surface area contributed by atoms with Gasteiger partial charge in [-0.15, -0.1) is 0 Å². The Morgan fingerprint density at radius 2 is 2.10 bits per heavy atom. The number of carboxylic acid groups (broad SMARTS) is 1. The van der Waals surface area contributed by atoms with Crippen LogP contribution in [0, 0.1) is 21.4 Å². The molecule has 0 amide bonds. The van der Waals surface area contributed by atoms with Crippen molar-refractivity contribution in [2.45, 2.75) is 0 Å². The van der Waals surface area contributed by atoms with E-state index < -0.39 is 10.9 Å². The number of nitro benzene ring substituents is 1. The normalized spacial score (nSPS) is 10.2. The van der Waals surface area contributed by atoms with Crippen molar-refractivity contribution in [2.24, 2.45) is 0 Å². The van der Waals surface area contributed by atoms with E-state index in [9.17, 15) is 14.9 Å². The molecule has 1 rings (SSSR count). The van der Waals surface area contributed by atoms with Crippen LogP contribution in [0.1, 0.15) is 5.56 Å². The van der Waals surface area contributed by atoms with E-state index in [1.807, 2.05) is 25.1 Å². The lowest BCUT2D eigenvalue weighted by atomic mass is 10.1. The van der Waals surface area contributed by atoms with Crippen LogP contribution < -0.4 is 4.90 Å². The van der Waals surface area contributed by atoms with Crippen LogP contribution in [0.4, 0.5) is 11.4 Å². The fourth-order valence-corrected chi connectivity index (χ4v) is 1.77. The average Bonchev–Trinajstić information content (AvgIpc) is 2.42. The highest BCUT2D eigenvalue weighted by Gasteiger charge is 2.17. The van der Waals surface area contributed by atoms with Crippen LogP contribution in [-0.4, -0.2) is 54.6 Å². The Kier molecular flexibility index (Phi) is 5.63. The number of carbonyl (C=O) groups is 1. The van der Waals surface area contributed by atoms with Gasteiger partial charge in [0.2, 0.25) is 0 Å². The first-order valence-corrected chi connectivity index (χ1v) is 6.15. The Balaban J connectivity index is 3.14. The molecule has 112 valence electrons. The minimum Gasteiger partial charge on any atom is -0.480 e. The fourth-order valence-electron chi connectivity index (χ4n) is 1.77. The number of hydrogen-bond acceptors (Lipinski definition) is 6. The highest BCUT2D eigenvalue weighted by atomic mass is 16.6. The van der Waals surface area contributed by atoms with Gasteiger partial charge in [-0.25, -0.2) is 0 Å². The largest absolute Gasteiger partial charge is 0.480 e. The maximum absolute atomic E-state index is 11.0. The maximum Gasteiger partial charge on any atom is 0.323 e. The molecule has 0 atom stereocenters. The lowest BCUT2D eigenvalue weighted by Crippen LogP contribution is -2.36. The molecule has 1 N–H and O–H groups in total. The van der Waals surface area contributed by atoms with E-state index in [2.05, 4.69) is 0 Å². The SMILES string of the molecule is CN(C)CCN(CC(=O)O)c1ccc([N+](=O)[O-])cc1C#N. The second kappa shape index (κ2) is 7.21.